The maximum absolute atomic E-state index is 4.52. The highest BCUT2D eigenvalue weighted by molar-refractivity contribution is 5.83. The first-order chi connectivity index (χ1) is 13.2. The molecule has 0 N–H and O–H groups in total. The van der Waals surface area contributed by atoms with Gasteiger partial charge >= 0.3 is 0 Å². The molecule has 3 aromatic rings. The van der Waals surface area contributed by atoms with Crippen LogP contribution in [0.4, 0.5) is 11.5 Å². The summed E-state index contributed by atoms with van der Waals surface area (Å²) in [4.78, 5) is 6.69. The lowest BCUT2D eigenvalue weighted by molar-refractivity contribution is 0.831. The number of aryl methyl sites for hydroxylation is 1. The molecule has 1 heterocycles. The van der Waals surface area contributed by atoms with Crippen molar-refractivity contribution in [3.05, 3.63) is 89.6 Å². The Hall–Kier alpha value is -3.14. The van der Waals surface area contributed by atoms with Gasteiger partial charge in [-0.2, -0.15) is 5.10 Å². The first-order valence-electron chi connectivity index (χ1n) is 9.25. The van der Waals surface area contributed by atoms with E-state index >= 15 is 0 Å². The molecule has 0 aliphatic heterocycles. The molecule has 1 aromatic heterocycles. The summed E-state index contributed by atoms with van der Waals surface area (Å²) in [6.07, 6.45) is 3.66. The van der Waals surface area contributed by atoms with E-state index in [1.165, 1.54) is 16.8 Å². The van der Waals surface area contributed by atoms with Gasteiger partial charge in [-0.15, -0.1) is 0 Å². The van der Waals surface area contributed by atoms with Crippen molar-refractivity contribution in [1.82, 2.24) is 4.98 Å². The zero-order chi connectivity index (χ0) is 19.1. The van der Waals surface area contributed by atoms with E-state index in [0.717, 1.165) is 24.5 Å². The Balaban J connectivity index is 1.73. The number of hydrogen-bond acceptors (Lipinski definition) is 4. The molecule has 0 fully saturated rings. The van der Waals surface area contributed by atoms with E-state index in [4.69, 9.17) is 0 Å². The van der Waals surface area contributed by atoms with E-state index in [-0.39, 0.29) is 0 Å². The summed E-state index contributed by atoms with van der Waals surface area (Å²) >= 11 is 0. The third-order valence-corrected chi connectivity index (χ3v) is 4.57. The van der Waals surface area contributed by atoms with Crippen molar-refractivity contribution >= 4 is 17.7 Å². The molecule has 0 saturated heterocycles. The maximum atomic E-state index is 4.52. The van der Waals surface area contributed by atoms with Gasteiger partial charge in [0.2, 0.25) is 0 Å². The van der Waals surface area contributed by atoms with Crippen LogP contribution in [0, 0.1) is 6.92 Å². The first-order valence-corrected chi connectivity index (χ1v) is 9.25. The highest BCUT2D eigenvalue weighted by Gasteiger charge is 2.07. The number of hydrazone groups is 1. The third-order valence-electron chi connectivity index (χ3n) is 4.57. The third kappa shape index (κ3) is 4.94. The summed E-state index contributed by atoms with van der Waals surface area (Å²) in [5.41, 5.74) is 4.86. The van der Waals surface area contributed by atoms with Crippen LogP contribution in [-0.4, -0.2) is 24.8 Å². The Morgan fingerprint density at radius 2 is 1.78 bits per heavy atom. The molecule has 0 amide bonds. The highest BCUT2D eigenvalue weighted by atomic mass is 15.5. The largest absolute Gasteiger partial charge is 0.367 e. The minimum Gasteiger partial charge on any atom is -0.367 e. The average Bonchev–Trinajstić information content (AvgIpc) is 2.72. The summed E-state index contributed by atoms with van der Waals surface area (Å²) in [6, 6.07) is 22.9. The molecule has 3 rings (SSSR count). The fourth-order valence-electron chi connectivity index (χ4n) is 2.94. The topological polar surface area (TPSA) is 31.7 Å². The Labute approximate surface area is 161 Å². The van der Waals surface area contributed by atoms with Crippen LogP contribution in [0.1, 0.15) is 23.6 Å². The second-order valence-corrected chi connectivity index (χ2v) is 6.50. The van der Waals surface area contributed by atoms with Gasteiger partial charge < -0.3 is 4.90 Å². The first kappa shape index (κ1) is 18.6. The van der Waals surface area contributed by atoms with Gasteiger partial charge in [0.15, 0.2) is 0 Å². The quantitative estimate of drug-likeness (QED) is 0.445. The van der Waals surface area contributed by atoms with Gasteiger partial charge in [-0.25, -0.2) is 4.98 Å². The van der Waals surface area contributed by atoms with Crippen molar-refractivity contribution in [2.24, 2.45) is 5.10 Å². The SMILES string of the molecule is CCN(Cc1ccccc1)c1ccc(/C=N/N(C)c2ccccn2)c(C)c1. The molecule has 0 bridgehead atoms. The molecular weight excluding hydrogens is 332 g/mol. The number of benzene rings is 2. The molecule has 27 heavy (non-hydrogen) atoms. The number of anilines is 2. The fraction of sp³-hybridized carbons (Fsp3) is 0.217. The van der Waals surface area contributed by atoms with Crippen molar-refractivity contribution in [2.75, 3.05) is 23.5 Å². The zero-order valence-electron chi connectivity index (χ0n) is 16.2. The summed E-state index contributed by atoms with van der Waals surface area (Å²) in [5, 5.41) is 6.30. The normalized spacial score (nSPS) is 10.9. The van der Waals surface area contributed by atoms with Gasteiger partial charge in [0.05, 0.1) is 6.21 Å². The fourth-order valence-corrected chi connectivity index (χ4v) is 2.94. The van der Waals surface area contributed by atoms with Crippen molar-refractivity contribution in [1.29, 1.82) is 0 Å². The molecule has 4 heteroatoms. The average molecular weight is 358 g/mol. The van der Waals surface area contributed by atoms with Crippen LogP contribution in [0.25, 0.3) is 0 Å². The van der Waals surface area contributed by atoms with Crippen molar-refractivity contribution in [3.8, 4) is 0 Å². The Bertz CT molecular complexity index is 875. The van der Waals surface area contributed by atoms with Crippen LogP contribution >= 0.6 is 0 Å². The van der Waals surface area contributed by atoms with Crippen LogP contribution in [0.5, 0.6) is 0 Å². The van der Waals surface area contributed by atoms with Gasteiger partial charge in [0.1, 0.15) is 5.82 Å². The predicted molar refractivity (Wildman–Crippen MR) is 115 cm³/mol. The molecule has 0 radical (unpaired) electrons. The minimum absolute atomic E-state index is 0.822. The lowest BCUT2D eigenvalue weighted by atomic mass is 10.1. The molecule has 0 aliphatic carbocycles. The Morgan fingerprint density at radius 3 is 2.44 bits per heavy atom. The van der Waals surface area contributed by atoms with Crippen LogP contribution in [-0.2, 0) is 6.54 Å². The van der Waals surface area contributed by atoms with Crippen LogP contribution in [0.15, 0.2) is 78.0 Å². The van der Waals surface area contributed by atoms with Gasteiger partial charge in [-0.3, -0.25) is 5.01 Å². The van der Waals surface area contributed by atoms with Crippen LogP contribution < -0.4 is 9.91 Å². The maximum Gasteiger partial charge on any atom is 0.148 e. The van der Waals surface area contributed by atoms with Crippen molar-refractivity contribution in [2.45, 2.75) is 20.4 Å². The van der Waals surface area contributed by atoms with E-state index in [9.17, 15) is 0 Å². The van der Waals surface area contributed by atoms with E-state index < -0.39 is 0 Å². The highest BCUT2D eigenvalue weighted by Crippen LogP contribution is 2.21. The molecule has 0 unspecified atom stereocenters. The number of nitrogens with zero attached hydrogens (tertiary/aromatic N) is 4. The van der Waals surface area contributed by atoms with Gasteiger partial charge in [-0.05, 0) is 54.8 Å². The van der Waals surface area contributed by atoms with Gasteiger partial charge in [0.25, 0.3) is 0 Å². The predicted octanol–water partition coefficient (Wildman–Crippen LogP) is 4.89. The smallest absolute Gasteiger partial charge is 0.148 e. The standard InChI is InChI=1S/C23H26N4/c1-4-27(18-20-10-6-5-7-11-20)22-14-13-21(19(2)16-22)17-25-26(3)23-12-8-9-15-24-23/h5-17H,4,18H2,1-3H3/b25-17+. The van der Waals surface area contributed by atoms with Gasteiger partial charge in [0, 0.05) is 32.0 Å². The van der Waals surface area contributed by atoms with Gasteiger partial charge in [-0.1, -0.05) is 42.5 Å². The lowest BCUT2D eigenvalue weighted by Crippen LogP contribution is -2.22. The molecule has 0 spiro atoms. The van der Waals surface area contributed by atoms with Crippen LogP contribution in [0.2, 0.25) is 0 Å². The number of rotatable bonds is 7. The number of hydrogen-bond donors (Lipinski definition) is 0. The molecule has 2 aromatic carbocycles. The molecule has 0 atom stereocenters. The molecular formula is C23H26N4. The molecule has 4 nitrogen and oxygen atoms in total. The zero-order valence-corrected chi connectivity index (χ0v) is 16.2. The Kier molecular flexibility index (Phi) is 6.21. The van der Waals surface area contributed by atoms with E-state index in [1.807, 2.05) is 31.5 Å². The summed E-state index contributed by atoms with van der Waals surface area (Å²) in [7, 11) is 1.90. The number of aromatic nitrogens is 1. The van der Waals surface area contributed by atoms with E-state index in [1.54, 1.807) is 11.2 Å². The second kappa shape index (κ2) is 8.99. The summed E-state index contributed by atoms with van der Waals surface area (Å²) in [5.74, 6) is 0.822. The van der Waals surface area contributed by atoms with Crippen molar-refractivity contribution < 1.29 is 0 Å². The van der Waals surface area contributed by atoms with Crippen molar-refractivity contribution in [3.63, 3.8) is 0 Å². The molecule has 0 saturated carbocycles. The minimum atomic E-state index is 0.822. The lowest BCUT2D eigenvalue weighted by Gasteiger charge is -2.24. The summed E-state index contributed by atoms with van der Waals surface area (Å²) in [6.45, 7) is 6.19. The monoisotopic (exact) mass is 358 g/mol. The van der Waals surface area contributed by atoms with E-state index in [2.05, 4.69) is 77.4 Å². The molecule has 138 valence electrons. The van der Waals surface area contributed by atoms with E-state index in [0.29, 0.717) is 0 Å². The number of pyridine rings is 1. The Morgan fingerprint density at radius 1 is 1.00 bits per heavy atom. The van der Waals surface area contributed by atoms with Crippen LogP contribution in [0.3, 0.4) is 0 Å². The molecule has 0 aliphatic rings. The second-order valence-electron chi connectivity index (χ2n) is 6.50. The summed E-state index contributed by atoms with van der Waals surface area (Å²) < 4.78 is 0.